The maximum Gasteiger partial charge on any atom is 0.321 e. The second-order valence-corrected chi connectivity index (χ2v) is 6.50. The van der Waals surface area contributed by atoms with Crippen molar-refractivity contribution in [2.24, 2.45) is 11.7 Å². The van der Waals surface area contributed by atoms with Crippen molar-refractivity contribution in [2.45, 2.75) is 18.9 Å². The molecule has 0 aliphatic carbocycles. The predicted molar refractivity (Wildman–Crippen MR) is 68.7 cm³/mol. The van der Waals surface area contributed by atoms with Gasteiger partial charge in [-0.3, -0.25) is 4.79 Å². The molecule has 1 saturated heterocycles. The van der Waals surface area contributed by atoms with Crippen LogP contribution in [-0.4, -0.2) is 63.2 Å². The third-order valence-corrected chi connectivity index (χ3v) is 4.58. The molecule has 8 nitrogen and oxygen atoms in total. The van der Waals surface area contributed by atoms with E-state index in [1.54, 1.807) is 0 Å². The van der Waals surface area contributed by atoms with Crippen LogP contribution in [0.4, 0.5) is 0 Å². The van der Waals surface area contributed by atoms with Crippen LogP contribution in [0, 0.1) is 5.92 Å². The molecule has 1 aliphatic heterocycles. The minimum absolute atomic E-state index is 0.255. The number of nitrogens with one attached hydrogen (secondary N) is 1. The average molecular weight is 295 g/mol. The molecule has 0 bridgehead atoms. The molecule has 19 heavy (non-hydrogen) atoms. The molecule has 1 atom stereocenters. The Morgan fingerprint density at radius 2 is 2.11 bits per heavy atom. The summed E-state index contributed by atoms with van der Waals surface area (Å²) in [5, 5.41) is 8.65. The first kappa shape index (κ1) is 16.3. The molecule has 1 aliphatic rings. The van der Waals surface area contributed by atoms with Crippen molar-refractivity contribution in [2.75, 3.05) is 33.4 Å². The highest BCUT2D eigenvalue weighted by Crippen LogP contribution is 2.13. The van der Waals surface area contributed by atoms with E-state index in [1.807, 2.05) is 0 Å². The number of carbonyl (C=O) groups is 1. The van der Waals surface area contributed by atoms with E-state index >= 15 is 0 Å². The largest absolute Gasteiger partial charge is 0.480 e. The van der Waals surface area contributed by atoms with E-state index < -0.39 is 22.2 Å². The Bertz CT molecular complexity index is 394. The lowest BCUT2D eigenvalue weighted by Crippen LogP contribution is -2.48. The first-order valence-electron chi connectivity index (χ1n) is 6.10. The number of hydrogen-bond acceptors (Lipinski definition) is 5. The van der Waals surface area contributed by atoms with Crippen LogP contribution in [0.15, 0.2) is 0 Å². The number of nitrogens with zero attached hydrogens (tertiary/aromatic N) is 1. The van der Waals surface area contributed by atoms with Crippen molar-refractivity contribution >= 4 is 16.2 Å². The molecule has 0 saturated carbocycles. The van der Waals surface area contributed by atoms with Gasteiger partial charge in [0.1, 0.15) is 6.04 Å². The normalized spacial score (nSPS) is 19.5. The van der Waals surface area contributed by atoms with Gasteiger partial charge in [-0.25, -0.2) is 4.72 Å². The minimum atomic E-state index is -3.69. The van der Waals surface area contributed by atoms with E-state index in [4.69, 9.17) is 15.6 Å². The predicted octanol–water partition coefficient (Wildman–Crippen LogP) is -1.41. The molecule has 0 radical (unpaired) electrons. The lowest BCUT2D eigenvalue weighted by atomic mass is 10.0. The first-order chi connectivity index (χ1) is 8.83. The zero-order valence-electron chi connectivity index (χ0n) is 10.9. The molecule has 9 heteroatoms. The van der Waals surface area contributed by atoms with E-state index in [2.05, 4.69) is 4.72 Å². The van der Waals surface area contributed by atoms with Gasteiger partial charge in [0, 0.05) is 33.4 Å². The van der Waals surface area contributed by atoms with Crippen molar-refractivity contribution in [1.29, 1.82) is 0 Å². The Morgan fingerprint density at radius 3 is 2.63 bits per heavy atom. The highest BCUT2D eigenvalue weighted by Gasteiger charge is 2.24. The van der Waals surface area contributed by atoms with Gasteiger partial charge in [-0.2, -0.15) is 12.7 Å². The molecule has 112 valence electrons. The number of carboxylic acids is 1. The quantitative estimate of drug-likeness (QED) is 0.530. The summed E-state index contributed by atoms with van der Waals surface area (Å²) in [7, 11) is -2.39. The Morgan fingerprint density at radius 1 is 1.53 bits per heavy atom. The zero-order valence-corrected chi connectivity index (χ0v) is 11.7. The topological polar surface area (TPSA) is 122 Å². The number of ether oxygens (including phenoxy) is 1. The van der Waals surface area contributed by atoms with Gasteiger partial charge < -0.3 is 15.6 Å². The van der Waals surface area contributed by atoms with Crippen LogP contribution in [0.5, 0.6) is 0 Å². The molecule has 0 aromatic carbocycles. The van der Waals surface area contributed by atoms with Gasteiger partial charge in [-0.05, 0) is 18.8 Å². The van der Waals surface area contributed by atoms with Crippen molar-refractivity contribution < 1.29 is 23.1 Å². The Kier molecular flexibility index (Phi) is 6.14. The zero-order chi connectivity index (χ0) is 14.5. The number of rotatable bonds is 7. The average Bonchev–Trinajstić information content (AvgIpc) is 2.37. The lowest BCUT2D eigenvalue weighted by molar-refractivity contribution is -0.138. The molecule has 4 N–H and O–H groups in total. The van der Waals surface area contributed by atoms with Crippen molar-refractivity contribution in [3.63, 3.8) is 0 Å². The van der Waals surface area contributed by atoms with Crippen LogP contribution >= 0.6 is 0 Å². The second-order valence-electron chi connectivity index (χ2n) is 4.63. The van der Waals surface area contributed by atoms with E-state index in [-0.39, 0.29) is 12.5 Å². The fourth-order valence-corrected chi connectivity index (χ4v) is 2.76. The molecular weight excluding hydrogens is 274 g/mol. The number of aliphatic carboxylic acids is 1. The molecule has 0 aromatic heterocycles. The minimum Gasteiger partial charge on any atom is -0.480 e. The van der Waals surface area contributed by atoms with E-state index in [0.717, 1.165) is 17.1 Å². The Hall–Kier alpha value is -0.740. The first-order valence-corrected chi connectivity index (χ1v) is 7.54. The van der Waals surface area contributed by atoms with Gasteiger partial charge in [0.2, 0.25) is 0 Å². The van der Waals surface area contributed by atoms with Crippen LogP contribution in [-0.2, 0) is 19.7 Å². The monoisotopic (exact) mass is 295 g/mol. The van der Waals surface area contributed by atoms with Gasteiger partial charge in [-0.1, -0.05) is 0 Å². The molecule has 0 spiro atoms. The molecule has 1 rings (SSSR count). The highest BCUT2D eigenvalue weighted by molar-refractivity contribution is 7.87. The summed E-state index contributed by atoms with van der Waals surface area (Å²) in [5.74, 6) is -0.975. The molecule has 0 unspecified atom stereocenters. The number of nitrogens with two attached hydrogens (primary N) is 1. The summed E-state index contributed by atoms with van der Waals surface area (Å²) in [6.45, 7) is 1.36. The maximum atomic E-state index is 11.9. The number of carboxylic acid groups (broad SMARTS) is 1. The second kappa shape index (κ2) is 7.15. The van der Waals surface area contributed by atoms with Crippen LogP contribution in [0.3, 0.4) is 0 Å². The third-order valence-electron chi connectivity index (χ3n) is 3.08. The van der Waals surface area contributed by atoms with Crippen molar-refractivity contribution in [3.8, 4) is 0 Å². The fourth-order valence-electron chi connectivity index (χ4n) is 1.74. The standard InChI is InChI=1S/C10H21N3O5S/c1-13(7-9(11)10(14)15)19(16,17)12-6-8-2-4-18-5-3-8/h8-9,12H,2-7,11H2,1H3,(H,14,15)/t9-/m0/s1. The fraction of sp³-hybridized carbons (Fsp3) is 0.900. The molecule has 1 fully saturated rings. The van der Waals surface area contributed by atoms with Crippen LogP contribution in [0.25, 0.3) is 0 Å². The third kappa shape index (κ3) is 5.41. The number of likely N-dealkylation sites (N-methyl/N-ethyl adjacent to an activating group) is 1. The SMILES string of the molecule is CN(C[C@H](N)C(=O)O)S(=O)(=O)NCC1CCOCC1. The molecule has 0 amide bonds. The Balaban J connectivity index is 2.43. The van der Waals surface area contributed by atoms with E-state index in [1.165, 1.54) is 7.05 Å². The lowest BCUT2D eigenvalue weighted by Gasteiger charge is -2.24. The van der Waals surface area contributed by atoms with Crippen molar-refractivity contribution in [1.82, 2.24) is 9.03 Å². The van der Waals surface area contributed by atoms with Gasteiger partial charge in [0.15, 0.2) is 0 Å². The molecular formula is C10H21N3O5S. The molecule has 0 aromatic rings. The smallest absolute Gasteiger partial charge is 0.321 e. The van der Waals surface area contributed by atoms with E-state index in [0.29, 0.717) is 19.8 Å². The van der Waals surface area contributed by atoms with Crippen LogP contribution in [0.2, 0.25) is 0 Å². The summed E-state index contributed by atoms with van der Waals surface area (Å²) >= 11 is 0. The highest BCUT2D eigenvalue weighted by atomic mass is 32.2. The van der Waals surface area contributed by atoms with Gasteiger partial charge in [0.05, 0.1) is 0 Å². The Labute approximate surface area is 113 Å². The van der Waals surface area contributed by atoms with Crippen LogP contribution < -0.4 is 10.5 Å². The van der Waals surface area contributed by atoms with Crippen LogP contribution in [0.1, 0.15) is 12.8 Å². The van der Waals surface area contributed by atoms with Crippen molar-refractivity contribution in [3.05, 3.63) is 0 Å². The summed E-state index contributed by atoms with van der Waals surface area (Å²) < 4.78 is 32.3. The summed E-state index contributed by atoms with van der Waals surface area (Å²) in [4.78, 5) is 10.6. The summed E-state index contributed by atoms with van der Waals surface area (Å²) in [6, 6.07) is -1.23. The molecule has 1 heterocycles. The van der Waals surface area contributed by atoms with Gasteiger partial charge in [0.25, 0.3) is 10.2 Å². The van der Waals surface area contributed by atoms with Gasteiger partial charge >= 0.3 is 5.97 Å². The summed E-state index contributed by atoms with van der Waals surface area (Å²) in [5.41, 5.74) is 5.30. The number of hydrogen-bond donors (Lipinski definition) is 3. The van der Waals surface area contributed by atoms with E-state index in [9.17, 15) is 13.2 Å². The summed E-state index contributed by atoms with van der Waals surface area (Å²) in [6.07, 6.45) is 1.64. The van der Waals surface area contributed by atoms with Gasteiger partial charge in [-0.15, -0.1) is 0 Å². The maximum absolute atomic E-state index is 11.9.